The molecule has 2 N–H and O–H groups in total. The van der Waals surface area contributed by atoms with Crippen molar-refractivity contribution in [1.82, 2.24) is 5.32 Å². The fraction of sp³-hybridized carbons (Fsp3) is 0.300. The molecule has 0 bridgehead atoms. The minimum Gasteiger partial charge on any atom is -0.375 e. The summed E-state index contributed by atoms with van der Waals surface area (Å²) in [5, 5.41) is 5.79. The SMILES string of the molecule is CN(CCCNC(=O)C1CC(=O)Nc2ccccc21)c1ccccc1. The van der Waals surface area contributed by atoms with Gasteiger partial charge in [-0.05, 0) is 30.2 Å². The van der Waals surface area contributed by atoms with Gasteiger partial charge in [0.2, 0.25) is 11.8 Å². The Hall–Kier alpha value is -2.82. The molecule has 0 aliphatic carbocycles. The maximum absolute atomic E-state index is 12.5. The van der Waals surface area contributed by atoms with Crippen molar-refractivity contribution in [2.24, 2.45) is 0 Å². The van der Waals surface area contributed by atoms with Gasteiger partial charge in [0.15, 0.2) is 0 Å². The van der Waals surface area contributed by atoms with Gasteiger partial charge in [0, 0.05) is 37.9 Å². The quantitative estimate of drug-likeness (QED) is 0.797. The van der Waals surface area contributed by atoms with Crippen molar-refractivity contribution in [1.29, 1.82) is 0 Å². The van der Waals surface area contributed by atoms with Gasteiger partial charge in [0.1, 0.15) is 0 Å². The molecule has 5 nitrogen and oxygen atoms in total. The zero-order valence-corrected chi connectivity index (χ0v) is 14.4. The molecule has 0 radical (unpaired) electrons. The molecule has 0 aromatic heterocycles. The maximum Gasteiger partial charge on any atom is 0.228 e. The summed E-state index contributed by atoms with van der Waals surface area (Å²) in [7, 11) is 2.04. The number of nitrogens with one attached hydrogen (secondary N) is 2. The van der Waals surface area contributed by atoms with Crippen molar-refractivity contribution in [3.05, 3.63) is 60.2 Å². The molecule has 1 aliphatic rings. The van der Waals surface area contributed by atoms with E-state index >= 15 is 0 Å². The van der Waals surface area contributed by atoms with E-state index in [9.17, 15) is 9.59 Å². The molecule has 0 saturated carbocycles. The number of benzene rings is 2. The lowest BCUT2D eigenvalue weighted by molar-refractivity contribution is -0.126. The van der Waals surface area contributed by atoms with Crippen LogP contribution < -0.4 is 15.5 Å². The zero-order valence-electron chi connectivity index (χ0n) is 14.4. The van der Waals surface area contributed by atoms with Crippen molar-refractivity contribution in [3.63, 3.8) is 0 Å². The van der Waals surface area contributed by atoms with Crippen LogP contribution in [0.1, 0.15) is 24.3 Å². The molecule has 2 aromatic carbocycles. The molecule has 0 fully saturated rings. The molecule has 0 spiro atoms. The van der Waals surface area contributed by atoms with E-state index < -0.39 is 5.92 Å². The number of fused-ring (bicyclic) bond motifs is 1. The lowest BCUT2D eigenvalue weighted by Gasteiger charge is -2.25. The van der Waals surface area contributed by atoms with Gasteiger partial charge in [-0.2, -0.15) is 0 Å². The number of rotatable bonds is 6. The van der Waals surface area contributed by atoms with E-state index in [0.29, 0.717) is 6.54 Å². The zero-order chi connectivity index (χ0) is 17.6. The molecular formula is C20H23N3O2. The highest BCUT2D eigenvalue weighted by atomic mass is 16.2. The summed E-state index contributed by atoms with van der Waals surface area (Å²) in [6.07, 6.45) is 1.05. The van der Waals surface area contributed by atoms with Crippen LogP contribution in [0.4, 0.5) is 11.4 Å². The van der Waals surface area contributed by atoms with Crippen LogP contribution in [0.2, 0.25) is 0 Å². The van der Waals surface area contributed by atoms with Gasteiger partial charge in [-0.15, -0.1) is 0 Å². The molecule has 1 aliphatic heterocycles. The Morgan fingerprint density at radius 1 is 1.16 bits per heavy atom. The van der Waals surface area contributed by atoms with Crippen LogP contribution in [0.25, 0.3) is 0 Å². The number of hydrogen-bond donors (Lipinski definition) is 2. The number of amides is 2. The fourth-order valence-corrected chi connectivity index (χ4v) is 3.11. The second-order valence-electron chi connectivity index (χ2n) is 6.29. The van der Waals surface area contributed by atoms with Crippen LogP contribution >= 0.6 is 0 Å². The summed E-state index contributed by atoms with van der Waals surface area (Å²) in [5.41, 5.74) is 2.79. The molecule has 3 rings (SSSR count). The summed E-state index contributed by atoms with van der Waals surface area (Å²) in [6.45, 7) is 1.45. The molecule has 1 heterocycles. The van der Waals surface area contributed by atoms with Crippen molar-refractivity contribution in [3.8, 4) is 0 Å². The third-order valence-corrected chi connectivity index (χ3v) is 4.48. The Balaban J connectivity index is 1.51. The molecule has 5 heteroatoms. The molecule has 0 saturated heterocycles. The standard InChI is InChI=1S/C20H23N3O2/c1-23(15-8-3-2-4-9-15)13-7-12-21-20(25)17-14-19(24)22-18-11-6-5-10-16(17)18/h2-6,8-11,17H,7,12-14H2,1H3,(H,21,25)(H,22,24). The molecule has 130 valence electrons. The molecular weight excluding hydrogens is 314 g/mol. The van der Waals surface area contributed by atoms with Crippen LogP contribution in [-0.4, -0.2) is 32.0 Å². The minimum atomic E-state index is -0.406. The Morgan fingerprint density at radius 2 is 1.88 bits per heavy atom. The molecule has 2 amide bonds. The molecule has 1 atom stereocenters. The third kappa shape index (κ3) is 4.18. The van der Waals surface area contributed by atoms with Crippen molar-refractivity contribution < 1.29 is 9.59 Å². The lowest BCUT2D eigenvalue weighted by atomic mass is 9.90. The number of carbonyl (C=O) groups excluding carboxylic acids is 2. The maximum atomic E-state index is 12.5. The van der Waals surface area contributed by atoms with Gasteiger partial charge in [0.05, 0.1) is 5.92 Å². The normalized spacial score (nSPS) is 15.9. The first-order valence-corrected chi connectivity index (χ1v) is 8.58. The van der Waals surface area contributed by atoms with Crippen LogP contribution in [0.5, 0.6) is 0 Å². The van der Waals surface area contributed by atoms with E-state index in [1.165, 1.54) is 0 Å². The lowest BCUT2D eigenvalue weighted by Crippen LogP contribution is -2.36. The highest BCUT2D eigenvalue weighted by molar-refractivity contribution is 6.01. The summed E-state index contributed by atoms with van der Waals surface area (Å²) in [4.78, 5) is 26.5. The highest BCUT2D eigenvalue weighted by Gasteiger charge is 2.30. The first-order valence-electron chi connectivity index (χ1n) is 8.58. The van der Waals surface area contributed by atoms with Crippen LogP contribution in [-0.2, 0) is 9.59 Å². The minimum absolute atomic E-state index is 0.0790. The van der Waals surface area contributed by atoms with Gasteiger partial charge in [-0.1, -0.05) is 36.4 Å². The summed E-state index contributed by atoms with van der Waals surface area (Å²) in [6, 6.07) is 17.6. The number of para-hydroxylation sites is 2. The van der Waals surface area contributed by atoms with E-state index in [0.717, 1.165) is 29.9 Å². The molecule has 2 aromatic rings. The highest BCUT2D eigenvalue weighted by Crippen LogP contribution is 2.31. The van der Waals surface area contributed by atoms with Crippen LogP contribution in [0, 0.1) is 0 Å². The Bertz CT molecular complexity index is 746. The number of hydrogen-bond acceptors (Lipinski definition) is 3. The third-order valence-electron chi connectivity index (χ3n) is 4.48. The van der Waals surface area contributed by atoms with Gasteiger partial charge in [0.25, 0.3) is 0 Å². The van der Waals surface area contributed by atoms with Crippen LogP contribution in [0.3, 0.4) is 0 Å². The Morgan fingerprint density at radius 3 is 2.68 bits per heavy atom. The second kappa shape index (κ2) is 7.83. The van der Waals surface area contributed by atoms with Gasteiger partial charge in [-0.25, -0.2) is 0 Å². The second-order valence-corrected chi connectivity index (χ2v) is 6.29. The van der Waals surface area contributed by atoms with Crippen molar-refractivity contribution >= 4 is 23.2 Å². The van der Waals surface area contributed by atoms with E-state index in [1.807, 2.05) is 49.5 Å². The van der Waals surface area contributed by atoms with Gasteiger partial charge >= 0.3 is 0 Å². The predicted octanol–water partition coefficient (Wildman–Crippen LogP) is 2.76. The fourth-order valence-electron chi connectivity index (χ4n) is 3.11. The van der Waals surface area contributed by atoms with Crippen molar-refractivity contribution in [2.45, 2.75) is 18.8 Å². The largest absolute Gasteiger partial charge is 0.375 e. The monoisotopic (exact) mass is 337 g/mol. The summed E-state index contributed by atoms with van der Waals surface area (Å²) in [5.74, 6) is -0.593. The van der Waals surface area contributed by atoms with E-state index in [-0.39, 0.29) is 18.2 Å². The number of nitrogens with zero attached hydrogens (tertiary/aromatic N) is 1. The smallest absolute Gasteiger partial charge is 0.228 e. The summed E-state index contributed by atoms with van der Waals surface area (Å²) >= 11 is 0. The number of anilines is 2. The summed E-state index contributed by atoms with van der Waals surface area (Å²) < 4.78 is 0. The van der Waals surface area contributed by atoms with Gasteiger partial charge < -0.3 is 15.5 Å². The average molecular weight is 337 g/mol. The average Bonchev–Trinajstić information content (AvgIpc) is 2.64. The Labute approximate surface area is 148 Å². The molecule has 25 heavy (non-hydrogen) atoms. The molecule has 1 unspecified atom stereocenters. The first kappa shape index (κ1) is 17.0. The van der Waals surface area contributed by atoms with E-state index in [1.54, 1.807) is 0 Å². The predicted molar refractivity (Wildman–Crippen MR) is 99.8 cm³/mol. The van der Waals surface area contributed by atoms with Gasteiger partial charge in [-0.3, -0.25) is 9.59 Å². The topological polar surface area (TPSA) is 61.4 Å². The Kier molecular flexibility index (Phi) is 5.33. The number of carbonyl (C=O) groups is 2. The van der Waals surface area contributed by atoms with E-state index in [2.05, 4.69) is 27.7 Å². The first-order chi connectivity index (χ1) is 12.1. The van der Waals surface area contributed by atoms with E-state index in [4.69, 9.17) is 0 Å². The van der Waals surface area contributed by atoms with Crippen LogP contribution in [0.15, 0.2) is 54.6 Å². The van der Waals surface area contributed by atoms with Crippen molar-refractivity contribution in [2.75, 3.05) is 30.4 Å².